The highest BCUT2D eigenvalue weighted by Gasteiger charge is 2.22. The van der Waals surface area contributed by atoms with E-state index in [4.69, 9.17) is 10.5 Å². The van der Waals surface area contributed by atoms with Crippen LogP contribution in [0.5, 0.6) is 5.75 Å². The van der Waals surface area contributed by atoms with Gasteiger partial charge in [-0.2, -0.15) is 0 Å². The highest BCUT2D eigenvalue weighted by molar-refractivity contribution is 5.37. The third-order valence-corrected chi connectivity index (χ3v) is 4.32. The van der Waals surface area contributed by atoms with Crippen molar-refractivity contribution in [2.24, 2.45) is 5.73 Å². The normalized spacial score (nSPS) is 18.6. The van der Waals surface area contributed by atoms with Crippen molar-refractivity contribution in [1.29, 1.82) is 0 Å². The fourth-order valence-electron chi connectivity index (χ4n) is 3.14. The molecule has 1 aliphatic heterocycles. The predicted octanol–water partition coefficient (Wildman–Crippen LogP) is 3.90. The molecule has 2 aromatic rings. The molecule has 2 heteroatoms. The third-order valence-electron chi connectivity index (χ3n) is 4.32. The first-order valence-corrected chi connectivity index (χ1v) is 7.84. The second kappa shape index (κ2) is 6.77. The molecule has 0 spiro atoms. The summed E-state index contributed by atoms with van der Waals surface area (Å²) in [4.78, 5) is 0. The molecule has 2 unspecified atom stereocenters. The van der Waals surface area contributed by atoms with E-state index in [9.17, 15) is 0 Å². The van der Waals surface area contributed by atoms with Crippen LogP contribution in [0.2, 0.25) is 0 Å². The van der Waals surface area contributed by atoms with Gasteiger partial charge < -0.3 is 10.5 Å². The number of hydrogen-bond acceptors (Lipinski definition) is 2. The van der Waals surface area contributed by atoms with Crippen LogP contribution in [0.1, 0.15) is 36.3 Å². The zero-order valence-electron chi connectivity index (χ0n) is 12.4. The Bertz CT molecular complexity index is 567. The standard InChI is InChI=1S/C19H23NO/c20-17(11-10-15-6-2-1-3-7-15)14-16-12-13-21-19-9-5-4-8-18(16)19/h1-9,16-17H,10-14,20H2. The molecular formula is C19H23NO. The third kappa shape index (κ3) is 3.64. The van der Waals surface area contributed by atoms with Crippen molar-refractivity contribution in [1.82, 2.24) is 0 Å². The average Bonchev–Trinajstić information content (AvgIpc) is 2.54. The first kappa shape index (κ1) is 14.2. The largest absolute Gasteiger partial charge is 0.493 e. The molecule has 0 fully saturated rings. The molecule has 1 heterocycles. The predicted molar refractivity (Wildman–Crippen MR) is 86.7 cm³/mol. The van der Waals surface area contributed by atoms with Gasteiger partial charge in [0.05, 0.1) is 6.61 Å². The number of para-hydroxylation sites is 1. The van der Waals surface area contributed by atoms with Crippen molar-refractivity contribution in [2.75, 3.05) is 6.61 Å². The SMILES string of the molecule is NC(CCc1ccccc1)CC1CCOc2ccccc21. The second-order valence-corrected chi connectivity index (χ2v) is 5.89. The lowest BCUT2D eigenvalue weighted by atomic mass is 9.86. The molecule has 21 heavy (non-hydrogen) atoms. The summed E-state index contributed by atoms with van der Waals surface area (Å²) in [5.74, 6) is 1.59. The fraction of sp³-hybridized carbons (Fsp3) is 0.368. The molecule has 2 aromatic carbocycles. The van der Waals surface area contributed by atoms with Crippen molar-refractivity contribution < 1.29 is 4.74 Å². The quantitative estimate of drug-likeness (QED) is 0.902. The molecule has 3 rings (SSSR count). The Hall–Kier alpha value is -1.80. The average molecular weight is 281 g/mol. The fourth-order valence-corrected chi connectivity index (χ4v) is 3.14. The van der Waals surface area contributed by atoms with Crippen LogP contribution >= 0.6 is 0 Å². The van der Waals surface area contributed by atoms with Gasteiger partial charge in [-0.05, 0) is 48.8 Å². The number of nitrogens with two attached hydrogens (primary N) is 1. The molecular weight excluding hydrogens is 258 g/mol. The summed E-state index contributed by atoms with van der Waals surface area (Å²) in [6, 6.07) is 19.2. The van der Waals surface area contributed by atoms with Gasteiger partial charge in [0.25, 0.3) is 0 Å². The number of hydrogen-bond donors (Lipinski definition) is 1. The van der Waals surface area contributed by atoms with Crippen LogP contribution in [-0.4, -0.2) is 12.6 Å². The lowest BCUT2D eigenvalue weighted by Crippen LogP contribution is -2.26. The van der Waals surface area contributed by atoms with E-state index in [1.165, 1.54) is 11.1 Å². The molecule has 110 valence electrons. The summed E-state index contributed by atoms with van der Waals surface area (Å²) >= 11 is 0. The number of ether oxygens (including phenoxy) is 1. The van der Waals surface area contributed by atoms with E-state index in [1.54, 1.807) is 0 Å². The van der Waals surface area contributed by atoms with Gasteiger partial charge in [0.15, 0.2) is 0 Å². The molecule has 0 saturated heterocycles. The molecule has 1 aliphatic rings. The van der Waals surface area contributed by atoms with E-state index in [-0.39, 0.29) is 6.04 Å². The van der Waals surface area contributed by atoms with Gasteiger partial charge in [0, 0.05) is 6.04 Å². The number of benzene rings is 2. The first-order chi connectivity index (χ1) is 10.3. The van der Waals surface area contributed by atoms with Crippen molar-refractivity contribution in [3.8, 4) is 5.75 Å². The maximum Gasteiger partial charge on any atom is 0.122 e. The monoisotopic (exact) mass is 281 g/mol. The van der Waals surface area contributed by atoms with Gasteiger partial charge in [-0.1, -0.05) is 48.5 Å². The van der Waals surface area contributed by atoms with E-state index in [2.05, 4.69) is 48.5 Å². The zero-order valence-corrected chi connectivity index (χ0v) is 12.4. The number of aryl methyl sites for hydroxylation is 1. The van der Waals surface area contributed by atoms with Gasteiger partial charge in [0.2, 0.25) is 0 Å². The Morgan fingerprint density at radius 3 is 2.67 bits per heavy atom. The lowest BCUT2D eigenvalue weighted by molar-refractivity contribution is 0.258. The van der Waals surface area contributed by atoms with Crippen LogP contribution in [-0.2, 0) is 6.42 Å². The molecule has 0 aromatic heterocycles. The van der Waals surface area contributed by atoms with E-state index >= 15 is 0 Å². The molecule has 0 saturated carbocycles. The van der Waals surface area contributed by atoms with Gasteiger partial charge >= 0.3 is 0 Å². The maximum atomic E-state index is 6.37. The highest BCUT2D eigenvalue weighted by Crippen LogP contribution is 2.36. The van der Waals surface area contributed by atoms with Gasteiger partial charge in [-0.25, -0.2) is 0 Å². The summed E-state index contributed by atoms with van der Waals surface area (Å²) in [6.45, 7) is 0.813. The molecule has 2 N–H and O–H groups in total. The molecule has 2 nitrogen and oxygen atoms in total. The smallest absolute Gasteiger partial charge is 0.122 e. The summed E-state index contributed by atoms with van der Waals surface area (Å²) in [5.41, 5.74) is 9.08. The Labute approximate surface area is 126 Å². The van der Waals surface area contributed by atoms with Crippen LogP contribution in [0.15, 0.2) is 54.6 Å². The first-order valence-electron chi connectivity index (χ1n) is 7.84. The summed E-state index contributed by atoms with van der Waals surface area (Å²) in [6.07, 6.45) is 4.24. The molecule has 2 atom stereocenters. The molecule has 0 radical (unpaired) electrons. The lowest BCUT2D eigenvalue weighted by Gasteiger charge is -2.27. The Morgan fingerprint density at radius 1 is 1.05 bits per heavy atom. The van der Waals surface area contributed by atoms with Crippen LogP contribution in [0.4, 0.5) is 0 Å². The van der Waals surface area contributed by atoms with E-state index < -0.39 is 0 Å². The van der Waals surface area contributed by atoms with Gasteiger partial charge in [0.1, 0.15) is 5.75 Å². The Kier molecular flexibility index (Phi) is 4.56. The molecule has 0 amide bonds. The van der Waals surface area contributed by atoms with E-state index in [1.807, 2.05) is 6.07 Å². The Morgan fingerprint density at radius 2 is 1.81 bits per heavy atom. The van der Waals surface area contributed by atoms with Crippen molar-refractivity contribution in [3.05, 3.63) is 65.7 Å². The van der Waals surface area contributed by atoms with Crippen molar-refractivity contribution in [2.45, 2.75) is 37.6 Å². The maximum absolute atomic E-state index is 6.37. The topological polar surface area (TPSA) is 35.2 Å². The molecule has 0 bridgehead atoms. The number of fused-ring (bicyclic) bond motifs is 1. The number of rotatable bonds is 5. The summed E-state index contributed by atoms with van der Waals surface area (Å²) < 4.78 is 5.72. The van der Waals surface area contributed by atoms with Gasteiger partial charge in [-0.15, -0.1) is 0 Å². The van der Waals surface area contributed by atoms with E-state index in [0.717, 1.165) is 38.0 Å². The van der Waals surface area contributed by atoms with E-state index in [0.29, 0.717) is 5.92 Å². The van der Waals surface area contributed by atoms with Crippen LogP contribution in [0.3, 0.4) is 0 Å². The second-order valence-electron chi connectivity index (χ2n) is 5.89. The molecule has 0 aliphatic carbocycles. The van der Waals surface area contributed by atoms with Gasteiger partial charge in [-0.3, -0.25) is 0 Å². The van der Waals surface area contributed by atoms with Crippen LogP contribution in [0, 0.1) is 0 Å². The van der Waals surface area contributed by atoms with Crippen molar-refractivity contribution in [3.63, 3.8) is 0 Å². The highest BCUT2D eigenvalue weighted by atomic mass is 16.5. The van der Waals surface area contributed by atoms with Crippen molar-refractivity contribution >= 4 is 0 Å². The minimum atomic E-state index is 0.251. The summed E-state index contributed by atoms with van der Waals surface area (Å²) in [7, 11) is 0. The minimum Gasteiger partial charge on any atom is -0.493 e. The summed E-state index contributed by atoms with van der Waals surface area (Å²) in [5, 5.41) is 0. The Balaban J connectivity index is 1.57. The zero-order chi connectivity index (χ0) is 14.5. The minimum absolute atomic E-state index is 0.251. The van der Waals surface area contributed by atoms with Crippen LogP contribution < -0.4 is 10.5 Å². The van der Waals surface area contributed by atoms with Crippen LogP contribution in [0.25, 0.3) is 0 Å².